The number of ether oxygens (including phenoxy) is 3. The predicted molar refractivity (Wildman–Crippen MR) is 318 cm³/mol. The Labute approximate surface area is 477 Å². The first kappa shape index (κ1) is 68.8. The Morgan fingerprint density at radius 3 is 1.26 bits per heavy atom. The normalized spacial score (nSPS) is 11.8. The summed E-state index contributed by atoms with van der Waals surface area (Å²) in [6.07, 6.45) is 32.2. The Kier molecular flexibility index (Phi) is 38.0. The number of aldehydes is 1. The minimum atomic E-state index is -2.58. The molecule has 0 spiro atoms. The van der Waals surface area contributed by atoms with Crippen molar-refractivity contribution in [3.63, 3.8) is 0 Å². The van der Waals surface area contributed by atoms with Crippen LogP contribution in [-0.2, 0) is 30.7 Å². The Hall–Kier alpha value is -4.35. The van der Waals surface area contributed by atoms with E-state index < -0.39 is 29.0 Å². The van der Waals surface area contributed by atoms with Gasteiger partial charge in [0.1, 0.15) is 0 Å². The molecule has 4 aromatic rings. The summed E-state index contributed by atoms with van der Waals surface area (Å²) >= 11 is 8.93. The van der Waals surface area contributed by atoms with E-state index in [4.69, 9.17) is 37.4 Å². The molecular formula is C65H93Cl2O9S-. The van der Waals surface area contributed by atoms with E-state index in [0.717, 1.165) is 38.5 Å². The maximum Gasteiger partial charge on any atom is 0.338 e. The second-order valence-corrected chi connectivity index (χ2v) is 22.4. The number of carbonyl (C=O) groups is 4. The van der Waals surface area contributed by atoms with E-state index in [1.807, 2.05) is 0 Å². The third-order valence-corrected chi connectivity index (χ3v) is 15.1. The van der Waals surface area contributed by atoms with Gasteiger partial charge in [0.2, 0.25) is 0 Å². The summed E-state index contributed by atoms with van der Waals surface area (Å²) in [5.74, 6) is -1.12. The fourth-order valence-corrected chi connectivity index (χ4v) is 10.2. The van der Waals surface area contributed by atoms with Crippen LogP contribution in [-0.4, -0.2) is 52.8 Å². The minimum absolute atomic E-state index is 0.0537. The van der Waals surface area contributed by atoms with Crippen molar-refractivity contribution in [3.05, 3.63) is 134 Å². The zero-order chi connectivity index (χ0) is 56.5. The highest BCUT2D eigenvalue weighted by Gasteiger charge is 2.25. The molecule has 2 atom stereocenters. The highest BCUT2D eigenvalue weighted by atomic mass is 35.5. The smallest absolute Gasteiger partial charge is 0.338 e. The van der Waals surface area contributed by atoms with Crippen LogP contribution >= 0.6 is 23.2 Å². The molecule has 77 heavy (non-hydrogen) atoms. The van der Waals surface area contributed by atoms with Gasteiger partial charge in [-0.3, -0.25) is 9.00 Å². The van der Waals surface area contributed by atoms with Crippen molar-refractivity contribution in [2.75, 3.05) is 19.8 Å². The average molecular weight is 1120 g/mol. The highest BCUT2D eigenvalue weighted by Crippen LogP contribution is 2.36. The monoisotopic (exact) mass is 1120 g/mol. The van der Waals surface area contributed by atoms with Crippen molar-refractivity contribution in [1.82, 2.24) is 0 Å². The molecule has 0 saturated carbocycles. The van der Waals surface area contributed by atoms with Crippen molar-refractivity contribution >= 4 is 58.5 Å². The molecule has 12 heteroatoms. The summed E-state index contributed by atoms with van der Waals surface area (Å²) in [6.45, 7) is 14.0. The van der Waals surface area contributed by atoms with Crippen molar-refractivity contribution in [2.24, 2.45) is 0 Å². The van der Waals surface area contributed by atoms with Crippen molar-refractivity contribution in [1.29, 1.82) is 0 Å². The lowest BCUT2D eigenvalue weighted by Crippen LogP contribution is -2.20. The number of unbranched alkanes of at least 4 members (excludes halogenated alkanes) is 22. The zero-order valence-corrected chi connectivity index (χ0v) is 50.0. The van der Waals surface area contributed by atoms with Gasteiger partial charge >= 0.3 is 17.9 Å². The molecular weight excluding hydrogens is 1030 g/mol. The summed E-state index contributed by atoms with van der Waals surface area (Å²) in [5, 5.41) is 0.279. The highest BCUT2D eigenvalue weighted by molar-refractivity contribution is 7.79. The summed E-state index contributed by atoms with van der Waals surface area (Å²) in [5.41, 5.74) is 3.63. The van der Waals surface area contributed by atoms with Gasteiger partial charge in [-0.25, -0.2) is 14.4 Å². The van der Waals surface area contributed by atoms with E-state index in [1.165, 1.54) is 170 Å². The van der Waals surface area contributed by atoms with Gasteiger partial charge in [0.15, 0.2) is 6.29 Å². The van der Waals surface area contributed by atoms with Gasteiger partial charge in [-0.05, 0) is 96.5 Å². The van der Waals surface area contributed by atoms with Crippen LogP contribution in [0.1, 0.15) is 267 Å². The van der Waals surface area contributed by atoms with Gasteiger partial charge in [-0.1, -0.05) is 260 Å². The molecule has 4 aromatic carbocycles. The Morgan fingerprint density at radius 1 is 0.532 bits per heavy atom. The van der Waals surface area contributed by atoms with Crippen LogP contribution in [0.4, 0.5) is 0 Å². The van der Waals surface area contributed by atoms with Gasteiger partial charge in [0.25, 0.3) is 0 Å². The number of hydrogen-bond donors (Lipinski definition) is 0. The lowest BCUT2D eigenvalue weighted by Gasteiger charge is -2.30. The molecule has 0 N–H and O–H groups in total. The molecule has 0 saturated heterocycles. The fraction of sp³-hybridized carbons (Fsp3) is 0.569. The van der Waals surface area contributed by atoms with Gasteiger partial charge < -0.3 is 18.8 Å². The minimum Gasteiger partial charge on any atom is -0.768 e. The summed E-state index contributed by atoms with van der Waals surface area (Å²) < 4.78 is 38.8. The first-order valence-electron chi connectivity index (χ1n) is 29.0. The molecule has 9 nitrogen and oxygen atoms in total. The maximum absolute atomic E-state index is 12.6. The van der Waals surface area contributed by atoms with Gasteiger partial charge in [0, 0.05) is 4.90 Å². The van der Waals surface area contributed by atoms with Crippen LogP contribution in [0.15, 0.2) is 95.9 Å². The molecule has 0 radical (unpaired) electrons. The third kappa shape index (κ3) is 30.0. The predicted octanol–water partition coefficient (Wildman–Crippen LogP) is 19.2. The van der Waals surface area contributed by atoms with Crippen LogP contribution < -0.4 is 0 Å². The fourth-order valence-electron chi connectivity index (χ4n) is 9.19. The van der Waals surface area contributed by atoms with E-state index in [0.29, 0.717) is 12.2 Å². The number of esters is 3. The third-order valence-electron chi connectivity index (χ3n) is 13.8. The standard InChI is InChI=1S/C36H62O6S.C19H24.C10H8Cl2O3/c1-3-5-7-9-11-13-15-17-19-21-23-25-27-41-35(37)32-29-33(31-34(30-32)43(39)40)36(38)42-28-26-24-22-20-18-16-14-12-10-8-6-4-2;1-4-16(17-11-7-5-8-12-17)15-19(2,3)18-13-9-6-10-14-18;1-2-15-10(14)6-3-8(11)7(5-13)9(12)4-6/h29-31H,3-28H2,1-2H3,(H,39,40);5-14,16H,4,15H2,1-3H3;3-5H,2H2,1H3/p-1. The number of rotatable bonds is 37. The largest absolute Gasteiger partial charge is 0.768 e. The van der Waals surface area contributed by atoms with E-state index in [2.05, 4.69) is 95.3 Å². The van der Waals surface area contributed by atoms with E-state index in [-0.39, 0.29) is 62.4 Å². The molecule has 4 rings (SSSR count). The number of hydrogen-bond acceptors (Lipinski definition) is 9. The molecule has 428 valence electrons. The summed E-state index contributed by atoms with van der Waals surface area (Å²) in [6, 6.07) is 28.3. The SMILES string of the molecule is CCC(CC(C)(C)c1ccccc1)c1ccccc1.CCCCCCCCCCCCCCOC(=O)c1cc(C(=O)OCCCCCCCCCCCCCC)cc(S(=O)[O-])c1.CCOC(=O)c1cc(Cl)c(C=O)c(Cl)c1. The molecule has 0 aliphatic rings. The Bertz CT molecular complexity index is 2170. The lowest BCUT2D eigenvalue weighted by molar-refractivity contribution is 0.0490. The van der Waals surface area contributed by atoms with Crippen molar-refractivity contribution in [3.8, 4) is 0 Å². The topological polar surface area (TPSA) is 136 Å². The van der Waals surface area contributed by atoms with Crippen LogP contribution in [0.5, 0.6) is 0 Å². The van der Waals surface area contributed by atoms with Crippen LogP contribution in [0.25, 0.3) is 0 Å². The number of carbonyl (C=O) groups excluding carboxylic acids is 4. The van der Waals surface area contributed by atoms with Crippen LogP contribution in [0.2, 0.25) is 10.0 Å². The first-order valence-corrected chi connectivity index (χ1v) is 30.9. The van der Waals surface area contributed by atoms with Crippen LogP contribution in [0.3, 0.4) is 0 Å². The van der Waals surface area contributed by atoms with E-state index in [1.54, 1.807) is 6.92 Å². The first-order chi connectivity index (χ1) is 37.2. The van der Waals surface area contributed by atoms with E-state index in [9.17, 15) is 27.9 Å². The zero-order valence-electron chi connectivity index (χ0n) is 47.7. The summed E-state index contributed by atoms with van der Waals surface area (Å²) in [4.78, 5) is 47.0. The number of halogens is 2. The van der Waals surface area contributed by atoms with Gasteiger partial charge in [-0.15, -0.1) is 0 Å². The summed E-state index contributed by atoms with van der Waals surface area (Å²) in [7, 11) is 0. The van der Waals surface area contributed by atoms with Crippen LogP contribution in [0, 0.1) is 0 Å². The maximum atomic E-state index is 12.6. The molecule has 0 amide bonds. The number of benzene rings is 4. The molecule has 0 bridgehead atoms. The van der Waals surface area contributed by atoms with E-state index >= 15 is 0 Å². The Morgan fingerprint density at radius 2 is 0.896 bits per heavy atom. The molecule has 0 heterocycles. The van der Waals surface area contributed by atoms with Crippen molar-refractivity contribution in [2.45, 2.75) is 225 Å². The Balaban J connectivity index is 0.000000481. The molecule has 0 aliphatic heterocycles. The second-order valence-electron chi connectivity index (χ2n) is 20.7. The molecule has 2 unspecified atom stereocenters. The molecule has 0 aliphatic carbocycles. The average Bonchev–Trinajstić information content (AvgIpc) is 3.43. The van der Waals surface area contributed by atoms with Crippen molar-refractivity contribution < 1.29 is 42.2 Å². The van der Waals surface area contributed by atoms with Gasteiger partial charge in [0.05, 0.1) is 52.1 Å². The molecule has 0 fully saturated rings. The lowest BCUT2D eigenvalue weighted by atomic mass is 9.74. The van der Waals surface area contributed by atoms with Gasteiger partial charge in [-0.2, -0.15) is 0 Å². The quantitative estimate of drug-likeness (QED) is 0.0142. The second kappa shape index (κ2) is 42.6. The molecule has 0 aromatic heterocycles.